The number of aryl methyl sites for hydroxylation is 1. The van der Waals surface area contributed by atoms with Crippen LogP contribution >= 0.6 is 0 Å². The summed E-state index contributed by atoms with van der Waals surface area (Å²) >= 11 is 0. The van der Waals surface area contributed by atoms with E-state index in [4.69, 9.17) is 23.7 Å². The molecular weight excluding hydrogens is 805 g/mol. The van der Waals surface area contributed by atoms with E-state index in [-0.39, 0.29) is 41.7 Å². The molecule has 354 valence electrons. The minimum Gasteiger partial charge on any atom is -0.392 e. The number of aliphatic hydroxyl groups excluding tert-OH is 2. The average molecular weight is 883 g/mol. The van der Waals surface area contributed by atoms with Crippen LogP contribution in [0.3, 0.4) is 0 Å². The first-order valence-corrected chi connectivity index (χ1v) is 24.0. The standard InChI is InChI=1S/C50H78N2O11/c1-12-36(46(57)52-51-45(56)35-18-15-28(4)16-19-35)38-20-17-29(5)43(60-38)33(9)41(54)32(8)42(55)37(13-2)44-30(6)27-31(7)49(61-44)24-21-39(53)50(63-49)26-25-47(11,62-50)40-22-23-48(58,14-3)34(10)59-40/h15-16,18-19,21,24,29-34,36-41,43-44,53-54,58H,12-14,17,20,22-23,25-27H2,1-11H3,(H,51,56)(H,52,57)/t29?,30-,31+,32-,33-,34-,36+,37-,38+,39+,40+,41+,43+,44-,47-,48+,49-,50-/m0/s1. The van der Waals surface area contributed by atoms with Gasteiger partial charge in [-0.25, -0.2) is 0 Å². The maximum absolute atomic E-state index is 14.7. The Hall–Kier alpha value is -2.75. The molecule has 5 aliphatic rings. The molecule has 1 aromatic carbocycles. The molecule has 63 heavy (non-hydrogen) atoms. The summed E-state index contributed by atoms with van der Waals surface area (Å²) in [6, 6.07) is 7.09. The minimum atomic E-state index is -1.39. The molecule has 2 amide bonds. The molecule has 4 fully saturated rings. The first kappa shape index (κ1) is 49.7. The Morgan fingerprint density at radius 1 is 0.857 bits per heavy atom. The summed E-state index contributed by atoms with van der Waals surface area (Å²) in [6.45, 7) is 21.6. The van der Waals surface area contributed by atoms with E-state index >= 15 is 0 Å². The molecule has 0 bridgehead atoms. The van der Waals surface area contributed by atoms with Crippen molar-refractivity contribution >= 4 is 17.6 Å². The van der Waals surface area contributed by atoms with Gasteiger partial charge in [0.25, 0.3) is 5.91 Å². The number of amides is 2. The molecular formula is C50H78N2O11. The number of aliphatic hydroxyl groups is 3. The summed E-state index contributed by atoms with van der Waals surface area (Å²) in [7, 11) is 0. The third-order valence-electron chi connectivity index (χ3n) is 16.1. The molecule has 0 radical (unpaired) electrons. The molecule has 1 aromatic rings. The van der Waals surface area contributed by atoms with E-state index in [9.17, 15) is 29.7 Å². The number of carbonyl (C=O) groups is 3. The fourth-order valence-corrected chi connectivity index (χ4v) is 11.5. The Kier molecular flexibility index (Phi) is 15.5. The molecule has 0 saturated carbocycles. The molecule has 5 aliphatic heterocycles. The molecule has 4 saturated heterocycles. The zero-order chi connectivity index (χ0) is 46.2. The fraction of sp³-hybridized carbons (Fsp3) is 0.780. The van der Waals surface area contributed by atoms with Crippen molar-refractivity contribution in [1.29, 1.82) is 0 Å². The average Bonchev–Trinajstić information content (AvgIpc) is 3.61. The van der Waals surface area contributed by atoms with Crippen LogP contribution in [0.15, 0.2) is 36.4 Å². The van der Waals surface area contributed by atoms with E-state index in [0.29, 0.717) is 63.4 Å². The van der Waals surface area contributed by atoms with Crippen LogP contribution in [0, 0.1) is 48.3 Å². The van der Waals surface area contributed by atoms with Crippen molar-refractivity contribution in [3.05, 3.63) is 47.5 Å². The van der Waals surface area contributed by atoms with Gasteiger partial charge < -0.3 is 39.0 Å². The number of hydrazine groups is 1. The summed E-state index contributed by atoms with van der Waals surface area (Å²) in [6.07, 6.45) is 5.29. The van der Waals surface area contributed by atoms with Gasteiger partial charge in [-0.3, -0.25) is 25.2 Å². The topological polar surface area (TPSA) is 182 Å². The molecule has 2 spiro atoms. The number of nitrogens with one attached hydrogen (secondary N) is 2. The van der Waals surface area contributed by atoms with Crippen molar-refractivity contribution in [2.45, 2.75) is 206 Å². The van der Waals surface area contributed by atoms with E-state index in [1.165, 1.54) is 0 Å². The molecule has 0 aliphatic carbocycles. The fourth-order valence-electron chi connectivity index (χ4n) is 11.5. The van der Waals surface area contributed by atoms with Crippen LogP contribution in [0.4, 0.5) is 0 Å². The highest BCUT2D eigenvalue weighted by Gasteiger charge is 2.63. The second kappa shape index (κ2) is 19.6. The Morgan fingerprint density at radius 2 is 1.54 bits per heavy atom. The van der Waals surface area contributed by atoms with Gasteiger partial charge in [0.15, 0.2) is 5.79 Å². The van der Waals surface area contributed by atoms with Crippen molar-refractivity contribution in [3.8, 4) is 0 Å². The van der Waals surface area contributed by atoms with Crippen LogP contribution in [0.25, 0.3) is 0 Å². The number of benzene rings is 1. The lowest BCUT2D eigenvalue weighted by Crippen LogP contribution is -2.63. The van der Waals surface area contributed by atoms with Gasteiger partial charge in [-0.2, -0.15) is 0 Å². The number of ether oxygens (including phenoxy) is 5. The predicted octanol–water partition coefficient (Wildman–Crippen LogP) is 6.87. The Labute approximate surface area is 375 Å². The molecule has 13 nitrogen and oxygen atoms in total. The summed E-state index contributed by atoms with van der Waals surface area (Å²) < 4.78 is 33.9. The Balaban J connectivity index is 1.11. The van der Waals surface area contributed by atoms with E-state index in [0.717, 1.165) is 12.0 Å². The van der Waals surface area contributed by atoms with Crippen LogP contribution in [-0.2, 0) is 33.3 Å². The van der Waals surface area contributed by atoms with Crippen molar-refractivity contribution in [1.82, 2.24) is 10.9 Å². The van der Waals surface area contributed by atoms with Crippen LogP contribution in [0.5, 0.6) is 0 Å². The molecule has 0 aromatic heterocycles. The van der Waals surface area contributed by atoms with Crippen LogP contribution in [0.1, 0.15) is 149 Å². The van der Waals surface area contributed by atoms with Gasteiger partial charge in [0.1, 0.15) is 11.9 Å². The highest BCUT2D eigenvalue weighted by atomic mass is 16.8. The van der Waals surface area contributed by atoms with Crippen molar-refractivity contribution < 1.29 is 53.4 Å². The lowest BCUT2D eigenvalue weighted by molar-refractivity contribution is -0.409. The van der Waals surface area contributed by atoms with Gasteiger partial charge >= 0.3 is 0 Å². The first-order valence-electron chi connectivity index (χ1n) is 24.0. The summed E-state index contributed by atoms with van der Waals surface area (Å²) in [5.74, 6) is -5.80. The van der Waals surface area contributed by atoms with E-state index in [1.54, 1.807) is 31.2 Å². The number of Topliss-reactive ketones (excluding diaryl/α,β-unsaturated/α-hetero) is 1. The Morgan fingerprint density at radius 3 is 2.17 bits per heavy atom. The van der Waals surface area contributed by atoms with Crippen LogP contribution in [0.2, 0.25) is 0 Å². The summed E-state index contributed by atoms with van der Waals surface area (Å²) in [4.78, 5) is 40.8. The summed E-state index contributed by atoms with van der Waals surface area (Å²) in [5.41, 5.74) is 4.95. The molecule has 5 N–H and O–H groups in total. The lowest BCUT2D eigenvalue weighted by atomic mass is 9.72. The van der Waals surface area contributed by atoms with E-state index < -0.39 is 82.9 Å². The molecule has 6 rings (SSSR count). The van der Waals surface area contributed by atoms with Crippen LogP contribution < -0.4 is 10.9 Å². The zero-order valence-electron chi connectivity index (χ0n) is 39.7. The smallest absolute Gasteiger partial charge is 0.269 e. The van der Waals surface area contributed by atoms with Gasteiger partial charge in [0.2, 0.25) is 11.7 Å². The van der Waals surface area contributed by atoms with E-state index in [1.807, 2.05) is 60.6 Å². The first-order chi connectivity index (χ1) is 29.7. The maximum Gasteiger partial charge on any atom is 0.269 e. The number of ketones is 1. The number of hydrogen-bond donors (Lipinski definition) is 5. The molecule has 13 heteroatoms. The highest BCUT2D eigenvalue weighted by Crippen LogP contribution is 2.54. The van der Waals surface area contributed by atoms with Crippen LogP contribution in [-0.4, -0.2) is 98.4 Å². The Bertz CT molecular complexity index is 1790. The van der Waals surface area contributed by atoms with Gasteiger partial charge in [0.05, 0.1) is 53.7 Å². The van der Waals surface area contributed by atoms with Crippen molar-refractivity contribution in [2.75, 3.05) is 0 Å². The van der Waals surface area contributed by atoms with Crippen molar-refractivity contribution in [3.63, 3.8) is 0 Å². The van der Waals surface area contributed by atoms with Crippen molar-refractivity contribution in [2.24, 2.45) is 41.4 Å². The molecule has 18 atom stereocenters. The third-order valence-corrected chi connectivity index (χ3v) is 16.1. The normalized spacial score (nSPS) is 40.5. The van der Waals surface area contributed by atoms with Gasteiger partial charge in [-0.1, -0.05) is 73.1 Å². The largest absolute Gasteiger partial charge is 0.392 e. The second-order valence-corrected chi connectivity index (χ2v) is 20.4. The van der Waals surface area contributed by atoms with Gasteiger partial charge in [-0.15, -0.1) is 0 Å². The lowest BCUT2D eigenvalue weighted by Gasteiger charge is -2.54. The SMILES string of the molecule is CC[C@@H](C(=O)[C@@H](C)[C@@H](O)[C@H](C)[C@@H]1O[C@@H]([C@@H](CC)C(=O)NNC(=O)c2ccc(C)cc2)CCC1C)[C@H]1O[C@]2(C=C[C@@H](O)[C@]3(CC[C@@](C)([C@H]4CC[C@](O)(CC)[C@H](C)O4)O3)O2)[C@H](C)C[C@@H]1C. The van der Waals surface area contributed by atoms with Gasteiger partial charge in [-0.05, 0) is 115 Å². The summed E-state index contributed by atoms with van der Waals surface area (Å²) in [5, 5.41) is 34.6. The quantitative estimate of drug-likeness (QED) is 0.103. The molecule has 5 heterocycles. The van der Waals surface area contributed by atoms with Gasteiger partial charge in [0, 0.05) is 35.7 Å². The second-order valence-electron chi connectivity index (χ2n) is 20.4. The third kappa shape index (κ3) is 9.87. The highest BCUT2D eigenvalue weighted by molar-refractivity contribution is 5.95. The minimum absolute atomic E-state index is 0.00782. The van der Waals surface area contributed by atoms with E-state index in [2.05, 4.69) is 31.6 Å². The monoisotopic (exact) mass is 883 g/mol. The number of hydrogen-bond acceptors (Lipinski definition) is 11. The molecule has 1 unspecified atom stereocenters. The number of carbonyl (C=O) groups excluding carboxylic acids is 3. The number of rotatable bonds is 13. The predicted molar refractivity (Wildman–Crippen MR) is 238 cm³/mol. The maximum atomic E-state index is 14.7. The zero-order valence-corrected chi connectivity index (χ0v) is 39.7.